The average molecular weight is 321 g/mol. The Kier molecular flexibility index (Phi) is 7.05. The van der Waals surface area contributed by atoms with E-state index in [9.17, 15) is 14.4 Å². The van der Waals surface area contributed by atoms with Crippen molar-refractivity contribution in [3.63, 3.8) is 0 Å². The molecule has 1 aromatic carbocycles. The molecule has 0 bridgehead atoms. The van der Waals surface area contributed by atoms with Crippen LogP contribution < -0.4 is 10.6 Å². The second-order valence-corrected chi connectivity index (χ2v) is 5.62. The molecule has 0 aromatic heterocycles. The lowest BCUT2D eigenvalue weighted by Crippen LogP contribution is -2.53. The molecule has 0 radical (unpaired) electrons. The summed E-state index contributed by atoms with van der Waals surface area (Å²) in [5, 5.41) is 14.0. The minimum atomic E-state index is -1.10. The molecule has 0 fully saturated rings. The molecule has 0 aliphatic heterocycles. The SMILES string of the molecule is CC(C)C(NC(=O)NCc1ccccc1)C(=O)N(C)CC(=O)O. The first-order valence-electron chi connectivity index (χ1n) is 7.36. The van der Waals surface area contributed by atoms with Crippen LogP contribution in [0.2, 0.25) is 0 Å². The van der Waals surface area contributed by atoms with Crippen LogP contribution in [0.4, 0.5) is 4.79 Å². The number of likely N-dealkylation sites (N-methyl/N-ethyl adjacent to an activating group) is 1. The van der Waals surface area contributed by atoms with Crippen molar-refractivity contribution in [2.24, 2.45) is 5.92 Å². The van der Waals surface area contributed by atoms with E-state index >= 15 is 0 Å². The first-order chi connectivity index (χ1) is 10.8. The Hall–Kier alpha value is -2.57. The molecule has 0 aliphatic carbocycles. The number of carboxylic acid groups (broad SMARTS) is 1. The molecule has 1 unspecified atom stereocenters. The smallest absolute Gasteiger partial charge is 0.323 e. The Morgan fingerprint density at radius 2 is 1.78 bits per heavy atom. The topological polar surface area (TPSA) is 98.7 Å². The highest BCUT2D eigenvalue weighted by atomic mass is 16.4. The maximum atomic E-state index is 12.2. The zero-order valence-electron chi connectivity index (χ0n) is 13.6. The van der Waals surface area contributed by atoms with Crippen molar-refractivity contribution in [3.05, 3.63) is 35.9 Å². The highest BCUT2D eigenvalue weighted by Crippen LogP contribution is 2.05. The minimum absolute atomic E-state index is 0.166. The molecule has 3 amide bonds. The van der Waals surface area contributed by atoms with Gasteiger partial charge in [0.2, 0.25) is 5.91 Å². The van der Waals surface area contributed by atoms with Crippen molar-refractivity contribution >= 4 is 17.9 Å². The summed E-state index contributed by atoms with van der Waals surface area (Å²) in [6.45, 7) is 3.51. The molecule has 7 nitrogen and oxygen atoms in total. The van der Waals surface area contributed by atoms with Gasteiger partial charge in [0.25, 0.3) is 0 Å². The molecular formula is C16H23N3O4. The predicted octanol–water partition coefficient (Wildman–Crippen LogP) is 1.05. The van der Waals surface area contributed by atoms with E-state index in [4.69, 9.17) is 5.11 Å². The number of rotatable bonds is 7. The number of carboxylic acids is 1. The van der Waals surface area contributed by atoms with E-state index in [0.29, 0.717) is 6.54 Å². The highest BCUT2D eigenvalue weighted by Gasteiger charge is 2.27. The van der Waals surface area contributed by atoms with Gasteiger partial charge >= 0.3 is 12.0 Å². The van der Waals surface area contributed by atoms with Crippen LogP contribution in [0.3, 0.4) is 0 Å². The summed E-state index contributed by atoms with van der Waals surface area (Å²) in [5.74, 6) is -1.70. The summed E-state index contributed by atoms with van der Waals surface area (Å²) in [7, 11) is 1.40. The molecule has 7 heteroatoms. The van der Waals surface area contributed by atoms with Crippen molar-refractivity contribution < 1.29 is 19.5 Å². The van der Waals surface area contributed by atoms with Gasteiger partial charge in [-0.2, -0.15) is 0 Å². The Morgan fingerprint density at radius 3 is 2.30 bits per heavy atom. The van der Waals surface area contributed by atoms with Crippen LogP contribution >= 0.6 is 0 Å². The van der Waals surface area contributed by atoms with E-state index in [1.807, 2.05) is 30.3 Å². The summed E-state index contributed by atoms with van der Waals surface area (Å²) in [4.78, 5) is 36.0. The third-order valence-electron chi connectivity index (χ3n) is 3.26. The van der Waals surface area contributed by atoms with Crippen molar-refractivity contribution in [2.75, 3.05) is 13.6 Å². The van der Waals surface area contributed by atoms with Crippen LogP contribution in [0.25, 0.3) is 0 Å². The van der Waals surface area contributed by atoms with Crippen molar-refractivity contribution in [1.82, 2.24) is 15.5 Å². The van der Waals surface area contributed by atoms with Crippen LogP contribution in [-0.2, 0) is 16.1 Å². The standard InChI is InChI=1S/C16H23N3O4/c1-11(2)14(15(22)19(3)10-13(20)21)18-16(23)17-9-12-7-5-4-6-8-12/h4-8,11,14H,9-10H2,1-3H3,(H,20,21)(H2,17,18,23). The number of carbonyl (C=O) groups excluding carboxylic acids is 2. The molecule has 0 heterocycles. The van der Waals surface area contributed by atoms with Gasteiger partial charge in [-0.1, -0.05) is 44.2 Å². The van der Waals surface area contributed by atoms with E-state index in [2.05, 4.69) is 10.6 Å². The summed E-state index contributed by atoms with van der Waals surface area (Å²) in [6.07, 6.45) is 0. The number of carbonyl (C=O) groups is 3. The second kappa shape index (κ2) is 8.77. The van der Waals surface area contributed by atoms with Gasteiger partial charge in [-0.25, -0.2) is 4.79 Å². The number of hydrogen-bond donors (Lipinski definition) is 3. The largest absolute Gasteiger partial charge is 0.480 e. The molecule has 0 saturated heterocycles. The monoisotopic (exact) mass is 321 g/mol. The maximum absolute atomic E-state index is 12.2. The van der Waals surface area contributed by atoms with Gasteiger partial charge in [-0.3, -0.25) is 9.59 Å². The molecule has 0 saturated carbocycles. The number of urea groups is 1. The van der Waals surface area contributed by atoms with Gasteiger partial charge in [0.15, 0.2) is 0 Å². The number of amides is 3. The highest BCUT2D eigenvalue weighted by molar-refractivity contribution is 5.89. The summed E-state index contributed by atoms with van der Waals surface area (Å²) in [5.41, 5.74) is 0.943. The number of nitrogens with zero attached hydrogens (tertiary/aromatic N) is 1. The van der Waals surface area contributed by atoms with Gasteiger partial charge in [-0.15, -0.1) is 0 Å². The Morgan fingerprint density at radius 1 is 1.17 bits per heavy atom. The van der Waals surface area contributed by atoms with E-state index in [-0.39, 0.29) is 5.92 Å². The number of aliphatic carboxylic acids is 1. The van der Waals surface area contributed by atoms with Crippen molar-refractivity contribution in [1.29, 1.82) is 0 Å². The summed E-state index contributed by atoms with van der Waals surface area (Å²) >= 11 is 0. The maximum Gasteiger partial charge on any atom is 0.323 e. The first kappa shape index (κ1) is 18.5. The Bertz CT molecular complexity index is 546. The van der Waals surface area contributed by atoms with Crippen LogP contribution in [0.15, 0.2) is 30.3 Å². The molecule has 0 spiro atoms. The molecular weight excluding hydrogens is 298 g/mol. The lowest BCUT2D eigenvalue weighted by atomic mass is 10.0. The average Bonchev–Trinajstić information content (AvgIpc) is 2.50. The zero-order chi connectivity index (χ0) is 17.4. The third-order valence-corrected chi connectivity index (χ3v) is 3.26. The summed E-state index contributed by atoms with van der Waals surface area (Å²) < 4.78 is 0. The number of nitrogens with one attached hydrogen (secondary N) is 2. The summed E-state index contributed by atoms with van der Waals surface area (Å²) in [6, 6.07) is 8.14. The fraction of sp³-hybridized carbons (Fsp3) is 0.438. The molecule has 126 valence electrons. The van der Waals surface area contributed by atoms with Crippen molar-refractivity contribution in [2.45, 2.75) is 26.4 Å². The van der Waals surface area contributed by atoms with Crippen LogP contribution in [0, 0.1) is 5.92 Å². The fourth-order valence-electron chi connectivity index (χ4n) is 2.00. The first-order valence-corrected chi connectivity index (χ1v) is 7.36. The second-order valence-electron chi connectivity index (χ2n) is 5.62. The van der Waals surface area contributed by atoms with E-state index in [1.54, 1.807) is 13.8 Å². The van der Waals surface area contributed by atoms with Gasteiger partial charge in [0.1, 0.15) is 12.6 Å². The van der Waals surface area contributed by atoms with Crippen LogP contribution in [0.1, 0.15) is 19.4 Å². The fourth-order valence-corrected chi connectivity index (χ4v) is 2.00. The molecule has 1 rings (SSSR count). The Labute approximate surface area is 135 Å². The minimum Gasteiger partial charge on any atom is -0.480 e. The van der Waals surface area contributed by atoms with Gasteiger partial charge in [0.05, 0.1) is 0 Å². The van der Waals surface area contributed by atoms with E-state index in [0.717, 1.165) is 10.5 Å². The van der Waals surface area contributed by atoms with Crippen molar-refractivity contribution in [3.8, 4) is 0 Å². The third kappa shape index (κ3) is 6.37. The molecule has 3 N–H and O–H groups in total. The van der Waals surface area contributed by atoms with Gasteiger partial charge in [-0.05, 0) is 11.5 Å². The zero-order valence-corrected chi connectivity index (χ0v) is 13.6. The van der Waals surface area contributed by atoms with Gasteiger partial charge < -0.3 is 20.6 Å². The predicted molar refractivity (Wildman–Crippen MR) is 85.7 cm³/mol. The van der Waals surface area contributed by atoms with Crippen LogP contribution in [-0.4, -0.2) is 47.5 Å². The quantitative estimate of drug-likeness (QED) is 0.699. The number of hydrogen-bond acceptors (Lipinski definition) is 3. The van der Waals surface area contributed by atoms with Gasteiger partial charge in [0, 0.05) is 13.6 Å². The number of benzene rings is 1. The lowest BCUT2D eigenvalue weighted by molar-refractivity contribution is -0.144. The van der Waals surface area contributed by atoms with E-state index in [1.165, 1.54) is 7.05 Å². The molecule has 23 heavy (non-hydrogen) atoms. The molecule has 1 atom stereocenters. The lowest BCUT2D eigenvalue weighted by Gasteiger charge is -2.26. The molecule has 1 aromatic rings. The van der Waals surface area contributed by atoms with E-state index < -0.39 is 30.5 Å². The Balaban J connectivity index is 2.59. The molecule has 0 aliphatic rings. The van der Waals surface area contributed by atoms with Crippen LogP contribution in [0.5, 0.6) is 0 Å². The normalized spacial score (nSPS) is 11.7.